The van der Waals surface area contributed by atoms with Crippen LogP contribution in [0.2, 0.25) is 0 Å². The number of pyridine rings is 1. The molecule has 28 heavy (non-hydrogen) atoms. The van der Waals surface area contributed by atoms with Crippen LogP contribution in [0.15, 0.2) is 66.9 Å². The van der Waals surface area contributed by atoms with E-state index in [0.717, 1.165) is 16.5 Å². The molecule has 4 N–H and O–H groups in total. The average molecular weight is 371 g/mol. The number of nitrogens with one attached hydrogen (secondary N) is 2. The molecule has 0 fully saturated rings. The van der Waals surface area contributed by atoms with Crippen molar-refractivity contribution >= 4 is 28.4 Å². The molecule has 0 aliphatic rings. The van der Waals surface area contributed by atoms with Crippen molar-refractivity contribution in [3.8, 4) is 11.3 Å². The van der Waals surface area contributed by atoms with Crippen molar-refractivity contribution in [3.05, 3.63) is 78.1 Å². The minimum Gasteiger partial charge on any atom is -0.366 e. The second-order valence-corrected chi connectivity index (χ2v) is 6.32. The summed E-state index contributed by atoms with van der Waals surface area (Å²) in [7, 11) is 0. The zero-order valence-corrected chi connectivity index (χ0v) is 14.8. The van der Waals surface area contributed by atoms with Gasteiger partial charge in [-0.05, 0) is 42.5 Å². The van der Waals surface area contributed by atoms with Crippen molar-refractivity contribution < 1.29 is 9.59 Å². The Labute approximate surface area is 160 Å². The highest BCUT2D eigenvalue weighted by Gasteiger charge is 2.12. The van der Waals surface area contributed by atoms with Crippen LogP contribution in [0.5, 0.6) is 0 Å². The summed E-state index contributed by atoms with van der Waals surface area (Å²) in [5, 5.41) is 11.0. The number of benzene rings is 2. The minimum absolute atomic E-state index is 0.154. The number of amides is 2. The second-order valence-electron chi connectivity index (χ2n) is 6.32. The predicted octanol–water partition coefficient (Wildman–Crippen LogP) is 2.91. The van der Waals surface area contributed by atoms with Gasteiger partial charge in [-0.1, -0.05) is 18.2 Å². The molecule has 2 amide bonds. The highest BCUT2D eigenvalue weighted by atomic mass is 16.1. The number of fused-ring (bicyclic) bond motifs is 1. The van der Waals surface area contributed by atoms with E-state index in [-0.39, 0.29) is 12.3 Å². The molecule has 0 saturated carbocycles. The molecule has 0 atom stereocenters. The van der Waals surface area contributed by atoms with E-state index in [1.807, 2.05) is 42.5 Å². The number of hydrogen-bond donors (Lipinski definition) is 3. The van der Waals surface area contributed by atoms with Gasteiger partial charge >= 0.3 is 0 Å². The van der Waals surface area contributed by atoms with Crippen molar-refractivity contribution in [1.82, 2.24) is 15.2 Å². The summed E-state index contributed by atoms with van der Waals surface area (Å²) in [6, 6.07) is 18.0. The zero-order chi connectivity index (χ0) is 19.5. The first kappa shape index (κ1) is 17.4. The standard InChI is InChI=1S/C21H17N5O2/c22-21(28)14-7-8-18-17(11-14)20(26-25-18)13-4-3-6-16(10-13)24-19(27)12-15-5-1-2-9-23-15/h1-11H,12H2,(H2,22,28)(H,24,27)(H,25,26). The third-order valence-electron chi connectivity index (χ3n) is 4.33. The number of aromatic nitrogens is 3. The molecule has 0 aliphatic heterocycles. The average Bonchev–Trinajstić information content (AvgIpc) is 3.12. The Bertz CT molecular complexity index is 1170. The molecule has 4 aromatic rings. The maximum Gasteiger partial charge on any atom is 0.248 e. The largest absolute Gasteiger partial charge is 0.366 e. The normalized spacial score (nSPS) is 10.7. The number of nitrogens with two attached hydrogens (primary N) is 1. The summed E-state index contributed by atoms with van der Waals surface area (Å²) in [5.41, 5.74) is 9.43. The maximum atomic E-state index is 12.3. The molecule has 2 aromatic carbocycles. The van der Waals surface area contributed by atoms with Gasteiger partial charge in [0.15, 0.2) is 0 Å². The first-order valence-electron chi connectivity index (χ1n) is 8.68. The van der Waals surface area contributed by atoms with Gasteiger partial charge in [0.05, 0.1) is 17.6 Å². The Morgan fingerprint density at radius 3 is 2.71 bits per heavy atom. The number of rotatable bonds is 5. The quantitative estimate of drug-likeness (QED) is 0.500. The summed E-state index contributed by atoms with van der Waals surface area (Å²) in [4.78, 5) is 27.9. The van der Waals surface area contributed by atoms with E-state index in [1.165, 1.54) is 0 Å². The lowest BCUT2D eigenvalue weighted by Gasteiger charge is -2.07. The molecule has 7 heteroatoms. The molecule has 0 radical (unpaired) electrons. The lowest BCUT2D eigenvalue weighted by Crippen LogP contribution is -2.15. The minimum atomic E-state index is -0.496. The number of primary amides is 1. The summed E-state index contributed by atoms with van der Waals surface area (Å²) in [6.45, 7) is 0. The van der Waals surface area contributed by atoms with Crippen LogP contribution in [0.1, 0.15) is 16.1 Å². The van der Waals surface area contributed by atoms with Gasteiger partial charge in [-0.3, -0.25) is 19.7 Å². The number of aromatic amines is 1. The third-order valence-corrected chi connectivity index (χ3v) is 4.33. The number of carbonyl (C=O) groups excluding carboxylic acids is 2. The Balaban J connectivity index is 1.60. The third kappa shape index (κ3) is 3.59. The number of nitrogens with zero attached hydrogens (tertiary/aromatic N) is 2. The monoisotopic (exact) mass is 371 g/mol. The van der Waals surface area contributed by atoms with Crippen LogP contribution in [0.3, 0.4) is 0 Å². The molecule has 7 nitrogen and oxygen atoms in total. The molecule has 0 bridgehead atoms. The Kier molecular flexibility index (Phi) is 4.55. The smallest absolute Gasteiger partial charge is 0.248 e. The molecule has 2 aromatic heterocycles. The van der Waals surface area contributed by atoms with Gasteiger partial charge in [-0.25, -0.2) is 0 Å². The Hall–Kier alpha value is -4.00. The van der Waals surface area contributed by atoms with Crippen LogP contribution in [0.4, 0.5) is 5.69 Å². The van der Waals surface area contributed by atoms with E-state index in [2.05, 4.69) is 20.5 Å². The molecule has 0 aliphatic carbocycles. The Morgan fingerprint density at radius 1 is 1.04 bits per heavy atom. The van der Waals surface area contributed by atoms with Gasteiger partial charge < -0.3 is 11.1 Å². The van der Waals surface area contributed by atoms with Crippen LogP contribution in [-0.4, -0.2) is 27.0 Å². The highest BCUT2D eigenvalue weighted by molar-refractivity contribution is 6.01. The fourth-order valence-corrected chi connectivity index (χ4v) is 3.00. The van der Waals surface area contributed by atoms with Crippen LogP contribution >= 0.6 is 0 Å². The fourth-order valence-electron chi connectivity index (χ4n) is 3.00. The van der Waals surface area contributed by atoms with E-state index < -0.39 is 5.91 Å². The van der Waals surface area contributed by atoms with Crippen LogP contribution < -0.4 is 11.1 Å². The van der Waals surface area contributed by atoms with Gasteiger partial charge in [0.2, 0.25) is 11.8 Å². The second kappa shape index (κ2) is 7.32. The van der Waals surface area contributed by atoms with E-state index in [9.17, 15) is 9.59 Å². The van der Waals surface area contributed by atoms with Gasteiger partial charge in [0.1, 0.15) is 0 Å². The van der Waals surface area contributed by atoms with Crippen molar-refractivity contribution in [1.29, 1.82) is 0 Å². The first-order chi connectivity index (χ1) is 13.6. The van der Waals surface area contributed by atoms with Crippen LogP contribution in [0.25, 0.3) is 22.2 Å². The van der Waals surface area contributed by atoms with Gasteiger partial charge in [-0.2, -0.15) is 5.10 Å². The van der Waals surface area contributed by atoms with Crippen molar-refractivity contribution in [2.75, 3.05) is 5.32 Å². The highest BCUT2D eigenvalue weighted by Crippen LogP contribution is 2.28. The van der Waals surface area contributed by atoms with Crippen molar-refractivity contribution in [2.24, 2.45) is 5.73 Å². The molecular formula is C21H17N5O2. The first-order valence-corrected chi connectivity index (χ1v) is 8.68. The molecule has 0 saturated heterocycles. The lowest BCUT2D eigenvalue weighted by molar-refractivity contribution is -0.115. The van der Waals surface area contributed by atoms with E-state index >= 15 is 0 Å². The molecule has 2 heterocycles. The molecular weight excluding hydrogens is 354 g/mol. The molecule has 4 rings (SSSR count). The Morgan fingerprint density at radius 2 is 1.93 bits per heavy atom. The summed E-state index contributed by atoms with van der Waals surface area (Å²) >= 11 is 0. The number of carbonyl (C=O) groups is 2. The van der Waals surface area contributed by atoms with Crippen molar-refractivity contribution in [3.63, 3.8) is 0 Å². The summed E-state index contributed by atoms with van der Waals surface area (Å²) in [6.07, 6.45) is 1.85. The number of hydrogen-bond acceptors (Lipinski definition) is 4. The van der Waals surface area contributed by atoms with E-state index in [0.29, 0.717) is 22.6 Å². The SMILES string of the molecule is NC(=O)c1ccc2[nH]nc(-c3cccc(NC(=O)Cc4ccccn4)c3)c2c1. The summed E-state index contributed by atoms with van der Waals surface area (Å²) in [5.74, 6) is -0.650. The number of anilines is 1. The van der Waals surface area contributed by atoms with E-state index in [1.54, 1.807) is 24.4 Å². The topological polar surface area (TPSA) is 114 Å². The van der Waals surface area contributed by atoms with Crippen molar-refractivity contribution in [2.45, 2.75) is 6.42 Å². The van der Waals surface area contributed by atoms with Gasteiger partial charge in [0.25, 0.3) is 0 Å². The van der Waals surface area contributed by atoms with Gasteiger partial charge in [-0.15, -0.1) is 0 Å². The maximum absolute atomic E-state index is 12.3. The zero-order valence-electron chi connectivity index (χ0n) is 14.8. The van der Waals surface area contributed by atoms with Crippen LogP contribution in [0, 0.1) is 0 Å². The summed E-state index contributed by atoms with van der Waals surface area (Å²) < 4.78 is 0. The van der Waals surface area contributed by atoms with E-state index in [4.69, 9.17) is 5.73 Å². The molecule has 138 valence electrons. The fraction of sp³-hybridized carbons (Fsp3) is 0.0476. The number of H-pyrrole nitrogens is 1. The molecule has 0 spiro atoms. The van der Waals surface area contributed by atoms with Gasteiger partial charge in [0, 0.05) is 34.1 Å². The van der Waals surface area contributed by atoms with Crippen LogP contribution in [-0.2, 0) is 11.2 Å². The lowest BCUT2D eigenvalue weighted by atomic mass is 10.0. The predicted molar refractivity (Wildman–Crippen MR) is 107 cm³/mol. The molecule has 0 unspecified atom stereocenters.